The fourth-order valence-electron chi connectivity index (χ4n) is 5.33. The predicted octanol–water partition coefficient (Wildman–Crippen LogP) is 5.73. The molecule has 1 atom stereocenters. The van der Waals surface area contributed by atoms with Crippen molar-refractivity contribution in [1.82, 2.24) is 10.2 Å². The van der Waals surface area contributed by atoms with Crippen molar-refractivity contribution in [3.05, 3.63) is 82.9 Å². The van der Waals surface area contributed by atoms with Crippen LogP contribution in [0.1, 0.15) is 50.2 Å². The number of anilines is 1. The fraction of sp³-hybridized carbons (Fsp3) is 0.394. The van der Waals surface area contributed by atoms with Gasteiger partial charge >= 0.3 is 0 Å². The lowest BCUT2D eigenvalue weighted by molar-refractivity contribution is -0.139. The van der Waals surface area contributed by atoms with Gasteiger partial charge in [0.1, 0.15) is 12.6 Å². The van der Waals surface area contributed by atoms with Crippen LogP contribution in [0.5, 0.6) is 11.5 Å². The van der Waals surface area contributed by atoms with Crippen molar-refractivity contribution < 1.29 is 27.5 Å². The van der Waals surface area contributed by atoms with Gasteiger partial charge in [-0.05, 0) is 68.7 Å². The summed E-state index contributed by atoms with van der Waals surface area (Å²) in [5.41, 5.74) is 1.81. The average Bonchev–Trinajstić information content (AvgIpc) is 3.02. The number of carbonyl (C=O) groups is 2. The summed E-state index contributed by atoms with van der Waals surface area (Å²) in [6, 6.07) is 17.3. The van der Waals surface area contributed by atoms with Crippen LogP contribution in [0.15, 0.2) is 71.6 Å². The van der Waals surface area contributed by atoms with Gasteiger partial charge in [-0.2, -0.15) is 0 Å². The van der Waals surface area contributed by atoms with Crippen LogP contribution in [0.2, 0.25) is 5.02 Å². The van der Waals surface area contributed by atoms with Crippen molar-refractivity contribution >= 4 is 39.1 Å². The number of benzene rings is 3. The normalized spacial score (nSPS) is 14.4. The summed E-state index contributed by atoms with van der Waals surface area (Å²) in [6.45, 7) is 3.02. The molecule has 0 saturated heterocycles. The minimum absolute atomic E-state index is 0.0233. The number of sulfonamides is 1. The van der Waals surface area contributed by atoms with E-state index in [1.54, 1.807) is 49.4 Å². The number of halogens is 1. The zero-order chi connectivity index (χ0) is 31.9. The molecule has 0 aromatic heterocycles. The van der Waals surface area contributed by atoms with E-state index in [0.29, 0.717) is 22.1 Å². The van der Waals surface area contributed by atoms with Gasteiger partial charge in [-0.1, -0.05) is 60.7 Å². The summed E-state index contributed by atoms with van der Waals surface area (Å²) in [7, 11) is -1.29. The summed E-state index contributed by atoms with van der Waals surface area (Å²) in [6.07, 6.45) is 5.01. The molecule has 3 aromatic rings. The van der Waals surface area contributed by atoms with E-state index < -0.39 is 28.5 Å². The summed E-state index contributed by atoms with van der Waals surface area (Å²) in [5, 5.41) is 3.59. The second-order valence-corrected chi connectivity index (χ2v) is 13.3. The first-order valence-corrected chi connectivity index (χ1v) is 16.5. The van der Waals surface area contributed by atoms with Crippen LogP contribution in [0, 0.1) is 6.92 Å². The van der Waals surface area contributed by atoms with Crippen LogP contribution in [0.25, 0.3) is 0 Å². The number of hydrogen-bond donors (Lipinski definition) is 1. The number of nitrogens with zero attached hydrogens (tertiary/aromatic N) is 2. The topological polar surface area (TPSA) is 105 Å². The second kappa shape index (κ2) is 14.8. The molecule has 1 aliphatic carbocycles. The Morgan fingerprint density at radius 1 is 0.955 bits per heavy atom. The van der Waals surface area contributed by atoms with Gasteiger partial charge in [0.25, 0.3) is 10.0 Å². The molecule has 3 aromatic carbocycles. The van der Waals surface area contributed by atoms with Crippen molar-refractivity contribution in [1.29, 1.82) is 0 Å². The van der Waals surface area contributed by atoms with Crippen LogP contribution in [0.4, 0.5) is 5.69 Å². The van der Waals surface area contributed by atoms with E-state index in [2.05, 4.69) is 5.32 Å². The highest BCUT2D eigenvalue weighted by molar-refractivity contribution is 7.92. The fourth-order valence-corrected chi connectivity index (χ4v) is 6.95. The third-order valence-corrected chi connectivity index (χ3v) is 9.93. The van der Waals surface area contributed by atoms with Gasteiger partial charge in [-0.25, -0.2) is 8.42 Å². The molecule has 4 rings (SSSR count). The van der Waals surface area contributed by atoms with Crippen molar-refractivity contribution in [3.63, 3.8) is 0 Å². The first-order chi connectivity index (χ1) is 21.0. The molecule has 2 amide bonds. The second-order valence-electron chi connectivity index (χ2n) is 11.0. The zero-order valence-electron chi connectivity index (χ0n) is 25.6. The van der Waals surface area contributed by atoms with E-state index in [-0.39, 0.29) is 29.1 Å². The van der Waals surface area contributed by atoms with Gasteiger partial charge in [0.05, 0.1) is 24.8 Å². The average molecular weight is 642 g/mol. The number of aryl methyl sites for hydroxylation is 1. The van der Waals surface area contributed by atoms with E-state index >= 15 is 0 Å². The Morgan fingerprint density at radius 2 is 1.64 bits per heavy atom. The minimum Gasteiger partial charge on any atom is -0.493 e. The molecular formula is C33H40ClN3O6S. The van der Waals surface area contributed by atoms with Gasteiger partial charge in [-0.3, -0.25) is 13.9 Å². The summed E-state index contributed by atoms with van der Waals surface area (Å²) in [4.78, 5) is 29.1. The molecular weight excluding hydrogens is 602 g/mol. The maximum Gasteiger partial charge on any atom is 0.264 e. The van der Waals surface area contributed by atoms with Crippen LogP contribution in [-0.4, -0.2) is 58.0 Å². The standard InChI is InChI=1S/C33H40ClN3O6S/c1-23-13-16-29(17-14-23)44(40,41)37(28-15-18-30(42-3)31(20-28)43-4)22-32(38)36(21-25-9-8-10-26(34)19-25)24(2)33(39)35-27-11-6-5-7-12-27/h8-10,13-20,24,27H,5-7,11-12,21-22H2,1-4H3,(H,35,39). The first-order valence-electron chi connectivity index (χ1n) is 14.7. The molecule has 0 radical (unpaired) electrons. The monoisotopic (exact) mass is 641 g/mol. The Morgan fingerprint density at radius 3 is 2.27 bits per heavy atom. The molecule has 236 valence electrons. The van der Waals surface area contributed by atoms with E-state index in [1.807, 2.05) is 13.0 Å². The van der Waals surface area contributed by atoms with Crippen LogP contribution in [-0.2, 0) is 26.2 Å². The highest BCUT2D eigenvalue weighted by Gasteiger charge is 2.33. The molecule has 1 N–H and O–H groups in total. The molecule has 0 bridgehead atoms. The molecule has 0 spiro atoms. The number of amides is 2. The van der Waals surface area contributed by atoms with E-state index in [0.717, 1.165) is 42.0 Å². The van der Waals surface area contributed by atoms with Gasteiger partial charge in [0, 0.05) is 23.7 Å². The molecule has 0 aliphatic heterocycles. The van der Waals surface area contributed by atoms with Crippen LogP contribution in [0.3, 0.4) is 0 Å². The summed E-state index contributed by atoms with van der Waals surface area (Å²) >= 11 is 6.24. The van der Waals surface area contributed by atoms with Crippen molar-refractivity contribution in [3.8, 4) is 11.5 Å². The number of rotatable bonds is 12. The molecule has 1 fully saturated rings. The van der Waals surface area contributed by atoms with Crippen molar-refractivity contribution in [2.45, 2.75) is 69.5 Å². The number of carbonyl (C=O) groups excluding carboxylic acids is 2. The Bertz CT molecular complexity index is 1560. The lowest BCUT2D eigenvalue weighted by Gasteiger charge is -2.33. The number of hydrogen-bond acceptors (Lipinski definition) is 6. The van der Waals surface area contributed by atoms with E-state index in [9.17, 15) is 18.0 Å². The quantitative estimate of drug-likeness (QED) is 0.271. The predicted molar refractivity (Wildman–Crippen MR) is 172 cm³/mol. The van der Waals surface area contributed by atoms with E-state index in [4.69, 9.17) is 21.1 Å². The Kier molecular flexibility index (Phi) is 11.2. The SMILES string of the molecule is COc1ccc(N(CC(=O)N(Cc2cccc(Cl)c2)C(C)C(=O)NC2CCCCC2)S(=O)(=O)c2ccc(C)cc2)cc1OC. The molecule has 1 unspecified atom stereocenters. The number of nitrogens with one attached hydrogen (secondary N) is 1. The third kappa shape index (κ3) is 8.04. The Labute approximate surface area is 265 Å². The first kappa shape index (κ1) is 33.1. The molecule has 9 nitrogen and oxygen atoms in total. The highest BCUT2D eigenvalue weighted by atomic mass is 35.5. The van der Waals surface area contributed by atoms with Gasteiger partial charge < -0.3 is 19.7 Å². The Balaban J connectivity index is 1.72. The summed E-state index contributed by atoms with van der Waals surface area (Å²) in [5.74, 6) is -0.128. The van der Waals surface area contributed by atoms with Gasteiger partial charge in [-0.15, -0.1) is 0 Å². The zero-order valence-corrected chi connectivity index (χ0v) is 27.2. The largest absolute Gasteiger partial charge is 0.493 e. The van der Waals surface area contributed by atoms with Crippen LogP contribution >= 0.6 is 11.6 Å². The summed E-state index contributed by atoms with van der Waals surface area (Å²) < 4.78 is 40.0. The Hall–Kier alpha value is -3.76. The smallest absolute Gasteiger partial charge is 0.264 e. The van der Waals surface area contributed by atoms with Gasteiger partial charge in [0.2, 0.25) is 11.8 Å². The maximum atomic E-state index is 14.2. The number of ether oxygens (including phenoxy) is 2. The molecule has 11 heteroatoms. The molecule has 0 heterocycles. The molecule has 1 saturated carbocycles. The van der Waals surface area contributed by atoms with Crippen LogP contribution < -0.4 is 19.1 Å². The lowest BCUT2D eigenvalue weighted by atomic mass is 9.95. The maximum absolute atomic E-state index is 14.2. The van der Waals surface area contributed by atoms with Crippen molar-refractivity contribution in [2.75, 3.05) is 25.1 Å². The molecule has 44 heavy (non-hydrogen) atoms. The molecule has 1 aliphatic rings. The van der Waals surface area contributed by atoms with Gasteiger partial charge in [0.15, 0.2) is 11.5 Å². The third-order valence-electron chi connectivity index (χ3n) is 7.90. The van der Waals surface area contributed by atoms with E-state index in [1.165, 1.54) is 37.3 Å². The highest BCUT2D eigenvalue weighted by Crippen LogP contribution is 2.34. The van der Waals surface area contributed by atoms with Crippen molar-refractivity contribution in [2.24, 2.45) is 0 Å². The minimum atomic E-state index is -4.22. The number of methoxy groups -OCH3 is 2. The lowest BCUT2D eigenvalue weighted by Crippen LogP contribution is -2.53.